The predicted octanol–water partition coefficient (Wildman–Crippen LogP) is 4.80. The van der Waals surface area contributed by atoms with E-state index in [2.05, 4.69) is 6.07 Å². The first kappa shape index (κ1) is 19.8. The van der Waals surface area contributed by atoms with Gasteiger partial charge in [0.05, 0.1) is 0 Å². The van der Waals surface area contributed by atoms with Crippen molar-refractivity contribution in [1.82, 2.24) is 0 Å². The number of benzene rings is 3. The maximum absolute atomic E-state index is 13.0. The van der Waals surface area contributed by atoms with Crippen LogP contribution in [0.1, 0.15) is 34.8 Å². The Balaban J connectivity index is 1.44. The molecule has 1 aliphatic heterocycles. The first-order valence-corrected chi connectivity index (χ1v) is 9.99. The van der Waals surface area contributed by atoms with Crippen LogP contribution < -0.4 is 9.64 Å². The quantitative estimate of drug-likeness (QED) is 0.575. The zero-order valence-corrected chi connectivity index (χ0v) is 16.7. The molecule has 0 N–H and O–H groups in total. The van der Waals surface area contributed by atoms with E-state index in [4.69, 9.17) is 4.74 Å². The van der Waals surface area contributed by atoms with Gasteiger partial charge in [-0.25, -0.2) is 4.39 Å². The number of ether oxygens (including phenoxy) is 1. The minimum atomic E-state index is -0.658. The lowest BCUT2D eigenvalue weighted by molar-refractivity contribution is -0.124. The molecule has 3 aromatic rings. The number of halogens is 1. The van der Waals surface area contributed by atoms with Crippen LogP contribution in [0.2, 0.25) is 0 Å². The van der Waals surface area contributed by atoms with E-state index in [1.54, 1.807) is 36.1 Å². The summed E-state index contributed by atoms with van der Waals surface area (Å²) in [6, 6.07) is 20.0. The molecule has 0 spiro atoms. The molecule has 5 heteroatoms. The van der Waals surface area contributed by atoms with E-state index in [-0.39, 0.29) is 17.5 Å². The van der Waals surface area contributed by atoms with E-state index in [9.17, 15) is 14.0 Å². The average molecular weight is 403 g/mol. The van der Waals surface area contributed by atoms with E-state index in [0.717, 1.165) is 18.5 Å². The topological polar surface area (TPSA) is 46.6 Å². The lowest BCUT2D eigenvalue weighted by Crippen LogP contribution is -2.43. The van der Waals surface area contributed by atoms with Crippen molar-refractivity contribution in [2.45, 2.75) is 25.9 Å². The van der Waals surface area contributed by atoms with Crippen molar-refractivity contribution < 1.29 is 18.7 Å². The fourth-order valence-electron chi connectivity index (χ4n) is 3.69. The van der Waals surface area contributed by atoms with Crippen molar-refractivity contribution in [2.24, 2.45) is 0 Å². The summed E-state index contributed by atoms with van der Waals surface area (Å²) in [7, 11) is 0. The van der Waals surface area contributed by atoms with Crippen LogP contribution in [0.4, 0.5) is 10.1 Å². The van der Waals surface area contributed by atoms with E-state index < -0.39 is 6.10 Å². The molecule has 0 radical (unpaired) electrons. The number of rotatable bonds is 5. The SMILES string of the molecule is CC(Oc1ccc(C(=O)c2ccc(F)cc2)cc1)C(=O)N1CCCc2ccccc21. The highest BCUT2D eigenvalue weighted by Crippen LogP contribution is 2.28. The van der Waals surface area contributed by atoms with Crippen molar-refractivity contribution in [3.63, 3.8) is 0 Å². The molecular formula is C25H22FNO3. The highest BCUT2D eigenvalue weighted by Gasteiger charge is 2.27. The molecule has 0 aromatic heterocycles. The summed E-state index contributed by atoms with van der Waals surface area (Å²) in [6.07, 6.45) is 1.24. The Morgan fingerprint density at radius 2 is 1.57 bits per heavy atom. The number of fused-ring (bicyclic) bond motifs is 1. The molecule has 0 aliphatic carbocycles. The Morgan fingerprint density at radius 3 is 2.27 bits per heavy atom. The van der Waals surface area contributed by atoms with Gasteiger partial charge in [-0.1, -0.05) is 18.2 Å². The molecule has 0 saturated heterocycles. The standard InChI is InChI=1S/C25H22FNO3/c1-17(25(29)27-16-4-6-18-5-2-3-7-23(18)27)30-22-14-10-20(11-15-22)24(28)19-8-12-21(26)13-9-19/h2-3,5,7-15,17H,4,6,16H2,1H3. The second-order valence-electron chi connectivity index (χ2n) is 7.34. The van der Waals surface area contributed by atoms with Gasteiger partial charge in [-0.2, -0.15) is 0 Å². The summed E-state index contributed by atoms with van der Waals surface area (Å²) < 4.78 is 18.9. The Bertz CT molecular complexity index is 1060. The molecule has 4 rings (SSSR count). The van der Waals surface area contributed by atoms with Crippen LogP contribution in [0.3, 0.4) is 0 Å². The first-order valence-electron chi connectivity index (χ1n) is 9.99. The third kappa shape index (κ3) is 4.10. The van der Waals surface area contributed by atoms with Gasteiger partial charge in [0, 0.05) is 23.4 Å². The maximum Gasteiger partial charge on any atom is 0.267 e. The molecule has 4 nitrogen and oxygen atoms in total. The maximum atomic E-state index is 13.0. The number of aryl methyl sites for hydroxylation is 1. The lowest BCUT2D eigenvalue weighted by atomic mass is 10.0. The second-order valence-corrected chi connectivity index (χ2v) is 7.34. The molecule has 152 valence electrons. The predicted molar refractivity (Wildman–Crippen MR) is 113 cm³/mol. The molecule has 30 heavy (non-hydrogen) atoms. The van der Waals surface area contributed by atoms with Crippen LogP contribution >= 0.6 is 0 Å². The zero-order chi connectivity index (χ0) is 21.1. The lowest BCUT2D eigenvalue weighted by Gasteiger charge is -2.31. The van der Waals surface area contributed by atoms with Crippen LogP contribution in [0.15, 0.2) is 72.8 Å². The number of carbonyl (C=O) groups is 2. The van der Waals surface area contributed by atoms with Crippen molar-refractivity contribution >= 4 is 17.4 Å². The molecule has 1 atom stereocenters. The van der Waals surface area contributed by atoms with Crippen molar-refractivity contribution in [3.8, 4) is 5.75 Å². The van der Waals surface area contributed by atoms with Gasteiger partial charge < -0.3 is 9.64 Å². The smallest absolute Gasteiger partial charge is 0.267 e. The van der Waals surface area contributed by atoms with Crippen molar-refractivity contribution in [2.75, 3.05) is 11.4 Å². The number of nitrogens with zero attached hydrogens (tertiary/aromatic N) is 1. The number of carbonyl (C=O) groups excluding carboxylic acids is 2. The van der Waals surface area contributed by atoms with Gasteiger partial charge in [0.25, 0.3) is 5.91 Å². The highest BCUT2D eigenvalue weighted by atomic mass is 19.1. The normalized spacial score (nSPS) is 14.0. The minimum Gasteiger partial charge on any atom is -0.481 e. The van der Waals surface area contributed by atoms with Crippen LogP contribution in [0.5, 0.6) is 5.75 Å². The van der Waals surface area contributed by atoms with E-state index in [0.29, 0.717) is 23.4 Å². The summed E-state index contributed by atoms with van der Waals surface area (Å²) >= 11 is 0. The van der Waals surface area contributed by atoms with Crippen LogP contribution in [0, 0.1) is 5.82 Å². The molecular weight excluding hydrogens is 381 g/mol. The number of para-hydroxylation sites is 1. The average Bonchev–Trinajstić information content (AvgIpc) is 2.78. The summed E-state index contributed by atoms with van der Waals surface area (Å²) in [6.45, 7) is 2.41. The third-order valence-electron chi connectivity index (χ3n) is 5.26. The van der Waals surface area contributed by atoms with E-state index in [1.165, 1.54) is 29.8 Å². The number of amides is 1. The summed E-state index contributed by atoms with van der Waals surface area (Å²) in [4.78, 5) is 27.3. The van der Waals surface area contributed by atoms with Gasteiger partial charge in [-0.15, -0.1) is 0 Å². The number of hydrogen-bond acceptors (Lipinski definition) is 3. The Labute approximate surface area is 174 Å². The molecule has 1 unspecified atom stereocenters. The third-order valence-corrected chi connectivity index (χ3v) is 5.26. The molecule has 1 amide bonds. The fraction of sp³-hybridized carbons (Fsp3) is 0.200. The number of anilines is 1. The monoisotopic (exact) mass is 403 g/mol. The number of ketones is 1. The summed E-state index contributed by atoms with van der Waals surface area (Å²) in [5.41, 5.74) is 3.01. The first-order chi connectivity index (χ1) is 14.5. The summed E-state index contributed by atoms with van der Waals surface area (Å²) in [5.74, 6) is -0.161. The van der Waals surface area contributed by atoms with Gasteiger partial charge in [-0.05, 0) is 79.9 Å². The molecule has 0 fully saturated rings. The van der Waals surface area contributed by atoms with Gasteiger partial charge in [0.15, 0.2) is 11.9 Å². The van der Waals surface area contributed by atoms with Crippen LogP contribution in [-0.4, -0.2) is 24.3 Å². The van der Waals surface area contributed by atoms with Crippen molar-refractivity contribution in [1.29, 1.82) is 0 Å². The van der Waals surface area contributed by atoms with Crippen LogP contribution in [0.25, 0.3) is 0 Å². The fourth-order valence-corrected chi connectivity index (χ4v) is 3.69. The minimum absolute atomic E-state index is 0.0892. The van der Waals surface area contributed by atoms with E-state index in [1.807, 2.05) is 18.2 Å². The van der Waals surface area contributed by atoms with E-state index >= 15 is 0 Å². The van der Waals surface area contributed by atoms with Gasteiger partial charge in [0.1, 0.15) is 11.6 Å². The van der Waals surface area contributed by atoms with Gasteiger partial charge in [-0.3, -0.25) is 9.59 Å². The molecule has 3 aromatic carbocycles. The zero-order valence-electron chi connectivity index (χ0n) is 16.7. The Hall–Kier alpha value is -3.47. The molecule has 0 bridgehead atoms. The Morgan fingerprint density at radius 1 is 0.933 bits per heavy atom. The van der Waals surface area contributed by atoms with Gasteiger partial charge in [0.2, 0.25) is 0 Å². The molecule has 1 heterocycles. The highest BCUT2D eigenvalue weighted by molar-refractivity contribution is 6.09. The van der Waals surface area contributed by atoms with Crippen LogP contribution in [-0.2, 0) is 11.2 Å². The summed E-state index contributed by atoms with van der Waals surface area (Å²) in [5, 5.41) is 0. The number of hydrogen-bond donors (Lipinski definition) is 0. The second kappa shape index (κ2) is 8.49. The van der Waals surface area contributed by atoms with Gasteiger partial charge >= 0.3 is 0 Å². The molecule has 1 aliphatic rings. The van der Waals surface area contributed by atoms with Crippen molar-refractivity contribution in [3.05, 3.63) is 95.3 Å². The molecule has 0 saturated carbocycles. The Kier molecular flexibility index (Phi) is 5.61. The largest absolute Gasteiger partial charge is 0.481 e.